The van der Waals surface area contributed by atoms with E-state index in [2.05, 4.69) is 25.5 Å². The van der Waals surface area contributed by atoms with E-state index in [-0.39, 0.29) is 5.82 Å². The molecule has 0 saturated heterocycles. The summed E-state index contributed by atoms with van der Waals surface area (Å²) in [5, 5.41) is 10.4. The maximum Gasteiger partial charge on any atom is 0.212 e. The number of halogens is 1. The third-order valence-electron chi connectivity index (χ3n) is 4.64. The molecule has 0 aliphatic rings. The highest BCUT2D eigenvalue weighted by Gasteiger charge is 2.24. The molecule has 28 heavy (non-hydrogen) atoms. The molecule has 2 N–H and O–H groups in total. The molecule has 8 nitrogen and oxygen atoms in total. The fourth-order valence-corrected chi connectivity index (χ4v) is 3.92. The van der Waals surface area contributed by atoms with Crippen molar-refractivity contribution in [2.45, 2.75) is 11.8 Å². The van der Waals surface area contributed by atoms with Gasteiger partial charge in [-0.3, -0.25) is 14.9 Å². The van der Waals surface area contributed by atoms with Crippen molar-refractivity contribution in [1.29, 1.82) is 0 Å². The molecule has 0 saturated carbocycles. The number of rotatable bonds is 6. The quantitative estimate of drug-likeness (QED) is 0.382. The number of benzene rings is 1. The fourth-order valence-electron chi connectivity index (χ4n) is 3.23. The van der Waals surface area contributed by atoms with Gasteiger partial charge in [-0.2, -0.15) is 5.10 Å². The molecular weight excluding hydrogens is 381 g/mol. The van der Waals surface area contributed by atoms with Crippen molar-refractivity contribution in [1.82, 2.24) is 24.6 Å². The number of nitrogens with one attached hydrogen (secondary N) is 2. The predicted molar refractivity (Wildman–Crippen MR) is 108 cm³/mol. The summed E-state index contributed by atoms with van der Waals surface area (Å²) in [4.78, 5) is 21.7. The van der Waals surface area contributed by atoms with Gasteiger partial charge in [0, 0.05) is 30.7 Å². The Hall–Kier alpha value is -3.14. The molecule has 0 aliphatic heterocycles. The Balaban J connectivity index is 1.99. The monoisotopic (exact) mass is 399 g/mol. The van der Waals surface area contributed by atoms with Crippen molar-refractivity contribution in [3.8, 4) is 11.3 Å². The molecule has 1 amide bonds. The van der Waals surface area contributed by atoms with E-state index in [1.165, 1.54) is 11.8 Å². The minimum atomic E-state index is -0.306. The molecule has 0 bridgehead atoms. The largest absolute Gasteiger partial charge is 0.371 e. The number of H-pyrrole nitrogens is 1. The Kier molecular flexibility index (Phi) is 4.63. The van der Waals surface area contributed by atoms with Crippen LogP contribution in [0.1, 0.15) is 6.92 Å². The van der Waals surface area contributed by atoms with Gasteiger partial charge in [0.05, 0.1) is 40.4 Å². The summed E-state index contributed by atoms with van der Waals surface area (Å²) < 4.78 is 17.2. The average molecular weight is 399 g/mol. The van der Waals surface area contributed by atoms with Crippen LogP contribution in [0.4, 0.5) is 15.9 Å². The van der Waals surface area contributed by atoms with Gasteiger partial charge < -0.3 is 14.6 Å². The van der Waals surface area contributed by atoms with Crippen LogP contribution < -0.4 is 10.2 Å². The first kappa shape index (κ1) is 18.2. The van der Waals surface area contributed by atoms with Gasteiger partial charge in [-0.15, -0.1) is 11.8 Å². The number of carbonyl (C=O) groups is 1. The molecule has 10 heteroatoms. The van der Waals surface area contributed by atoms with Crippen molar-refractivity contribution in [2.24, 2.45) is 0 Å². The van der Waals surface area contributed by atoms with Crippen LogP contribution in [0.2, 0.25) is 0 Å². The molecule has 0 fully saturated rings. The normalized spacial score (nSPS) is 11.3. The van der Waals surface area contributed by atoms with E-state index in [1.54, 1.807) is 29.2 Å². The average Bonchev–Trinajstić information content (AvgIpc) is 3.32. The van der Waals surface area contributed by atoms with Crippen LogP contribution in [-0.4, -0.2) is 50.8 Å². The highest BCUT2D eigenvalue weighted by Crippen LogP contribution is 2.43. The first-order valence-electron chi connectivity index (χ1n) is 8.58. The third-order valence-corrected chi connectivity index (χ3v) is 5.44. The first-order valence-corrected chi connectivity index (χ1v) is 9.80. The van der Waals surface area contributed by atoms with E-state index in [4.69, 9.17) is 0 Å². The van der Waals surface area contributed by atoms with Gasteiger partial charge >= 0.3 is 0 Å². The summed E-state index contributed by atoms with van der Waals surface area (Å²) in [6.07, 6.45) is 9.13. The predicted octanol–water partition coefficient (Wildman–Crippen LogP) is 3.16. The van der Waals surface area contributed by atoms with Gasteiger partial charge in [0.2, 0.25) is 6.41 Å². The maximum absolute atomic E-state index is 15.5. The van der Waals surface area contributed by atoms with Crippen LogP contribution in [0, 0.1) is 5.82 Å². The van der Waals surface area contributed by atoms with Crippen molar-refractivity contribution >= 4 is 46.2 Å². The number of aromatic amines is 1. The number of amides is 1. The minimum Gasteiger partial charge on any atom is -0.371 e. The van der Waals surface area contributed by atoms with Gasteiger partial charge in [0.1, 0.15) is 0 Å². The van der Waals surface area contributed by atoms with Crippen LogP contribution in [0.3, 0.4) is 0 Å². The summed E-state index contributed by atoms with van der Waals surface area (Å²) in [7, 11) is 1.85. The highest BCUT2D eigenvalue weighted by molar-refractivity contribution is 7.98. The Morgan fingerprint density at radius 1 is 1.39 bits per heavy atom. The number of anilines is 2. The number of imidazole rings is 1. The van der Waals surface area contributed by atoms with E-state index < -0.39 is 0 Å². The van der Waals surface area contributed by atoms with Crippen molar-refractivity contribution in [3.05, 3.63) is 30.6 Å². The number of fused-ring (bicyclic) bond motifs is 2. The second kappa shape index (κ2) is 7.12. The molecule has 4 rings (SSSR count). The van der Waals surface area contributed by atoms with Crippen LogP contribution in [0.5, 0.6) is 0 Å². The van der Waals surface area contributed by atoms with Crippen molar-refractivity contribution < 1.29 is 9.18 Å². The zero-order valence-corrected chi connectivity index (χ0v) is 16.3. The zero-order chi connectivity index (χ0) is 19.8. The summed E-state index contributed by atoms with van der Waals surface area (Å²) in [5.74, 6) is 0.109. The molecule has 0 atom stereocenters. The standard InChI is InChI=1S/C18H18FN7OS/c1-4-25(2)17-15(19)18(28-3)14(10-5-22-24-16(10)17)11-7-26-8-12(21-9-27)23-13(26)6-20-11/h5-9H,4H2,1-3H3,(H,21,27)(H,22,24). The molecule has 1 aromatic carbocycles. The number of hydrogen-bond donors (Lipinski definition) is 2. The number of aromatic nitrogens is 5. The van der Waals surface area contributed by atoms with E-state index in [9.17, 15) is 4.79 Å². The van der Waals surface area contributed by atoms with Gasteiger partial charge in [0.15, 0.2) is 17.3 Å². The zero-order valence-electron chi connectivity index (χ0n) is 15.5. The Morgan fingerprint density at radius 2 is 2.21 bits per heavy atom. The lowest BCUT2D eigenvalue weighted by molar-refractivity contribution is -0.105. The number of nitrogens with zero attached hydrogens (tertiary/aromatic N) is 5. The Labute approximate surface area is 164 Å². The molecule has 0 unspecified atom stereocenters. The molecule has 4 aromatic rings. The van der Waals surface area contributed by atoms with Gasteiger partial charge in [-0.05, 0) is 13.2 Å². The Bertz CT molecular complexity index is 1190. The Morgan fingerprint density at radius 3 is 2.93 bits per heavy atom. The van der Waals surface area contributed by atoms with E-state index in [0.717, 1.165) is 5.39 Å². The molecule has 144 valence electrons. The fraction of sp³-hybridized carbons (Fsp3) is 0.222. The topological polar surface area (TPSA) is 91.2 Å². The second-order valence-electron chi connectivity index (χ2n) is 6.17. The van der Waals surface area contributed by atoms with Gasteiger partial charge in [-0.25, -0.2) is 9.37 Å². The summed E-state index contributed by atoms with van der Waals surface area (Å²) in [6, 6.07) is 0. The first-order chi connectivity index (χ1) is 13.6. The van der Waals surface area contributed by atoms with Crippen molar-refractivity contribution in [2.75, 3.05) is 30.1 Å². The molecule has 0 radical (unpaired) electrons. The maximum atomic E-state index is 15.5. The molecular formula is C18H18FN7OS. The van der Waals surface area contributed by atoms with Crippen LogP contribution in [0.25, 0.3) is 27.8 Å². The van der Waals surface area contributed by atoms with Crippen LogP contribution in [-0.2, 0) is 4.79 Å². The third kappa shape index (κ3) is 2.76. The van der Waals surface area contributed by atoms with Crippen LogP contribution >= 0.6 is 11.8 Å². The van der Waals surface area contributed by atoms with Gasteiger partial charge in [0.25, 0.3) is 0 Å². The molecule has 0 aliphatic carbocycles. The smallest absolute Gasteiger partial charge is 0.212 e. The summed E-state index contributed by atoms with van der Waals surface area (Å²) in [5.41, 5.74) is 2.95. The summed E-state index contributed by atoms with van der Waals surface area (Å²) >= 11 is 1.33. The molecule has 3 heterocycles. The number of thioether (sulfide) groups is 1. The molecule has 0 spiro atoms. The van der Waals surface area contributed by atoms with Crippen molar-refractivity contribution in [3.63, 3.8) is 0 Å². The van der Waals surface area contributed by atoms with Gasteiger partial charge in [-0.1, -0.05) is 0 Å². The van der Waals surface area contributed by atoms with E-state index in [0.29, 0.717) is 51.8 Å². The SMILES string of the molecule is CCN(C)c1c(F)c(SC)c(-c2cn3cc(NC=O)nc3cn2)c2cn[nH]c12. The highest BCUT2D eigenvalue weighted by atomic mass is 32.2. The lowest BCUT2D eigenvalue weighted by Crippen LogP contribution is -2.18. The second-order valence-corrected chi connectivity index (χ2v) is 6.99. The molecule has 3 aromatic heterocycles. The van der Waals surface area contributed by atoms with E-state index in [1.807, 2.05) is 25.1 Å². The minimum absolute atomic E-state index is 0.306. The number of carbonyl (C=O) groups excluding carboxylic acids is 1. The van der Waals surface area contributed by atoms with E-state index >= 15 is 4.39 Å². The lowest BCUT2D eigenvalue weighted by atomic mass is 10.0. The lowest BCUT2D eigenvalue weighted by Gasteiger charge is -2.21. The summed E-state index contributed by atoms with van der Waals surface area (Å²) in [6.45, 7) is 2.62. The number of hydrogen-bond acceptors (Lipinski definition) is 6. The van der Waals surface area contributed by atoms with Crippen LogP contribution in [0.15, 0.2) is 29.7 Å².